The SMILES string of the molecule is C=CC(=O)OCC(C)(C)COC(=O)CCC(=O)Oc1cc(C)c(OC(=O)CCC(=O)OCC(C)(C)COC(=O)C=C)c2c1SC(=C(C#N)C#N)S2. The third kappa shape index (κ3) is 14.0. The van der Waals surface area contributed by atoms with Crippen LogP contribution in [-0.2, 0) is 47.7 Å². The number of nitriles is 2. The number of thioether (sulfide) groups is 2. The van der Waals surface area contributed by atoms with E-state index >= 15 is 0 Å². The Balaban J connectivity index is 2.09. The van der Waals surface area contributed by atoms with Crippen molar-refractivity contribution in [1.82, 2.24) is 0 Å². The molecule has 0 radical (unpaired) electrons. The quantitative estimate of drug-likeness (QED) is 0.0605. The van der Waals surface area contributed by atoms with Crippen molar-refractivity contribution < 1.29 is 57.2 Å². The molecule has 0 amide bonds. The van der Waals surface area contributed by atoms with E-state index in [4.69, 9.17) is 28.4 Å². The van der Waals surface area contributed by atoms with Crippen LogP contribution in [0.3, 0.4) is 0 Å². The first-order valence-electron chi connectivity index (χ1n) is 15.3. The van der Waals surface area contributed by atoms with Crippen LogP contribution in [0.1, 0.15) is 58.9 Å². The van der Waals surface area contributed by atoms with Gasteiger partial charge in [0.1, 0.15) is 29.2 Å². The zero-order chi connectivity index (χ0) is 38.4. The van der Waals surface area contributed by atoms with E-state index in [1.165, 1.54) is 6.07 Å². The molecule has 0 spiro atoms. The maximum atomic E-state index is 12.8. The van der Waals surface area contributed by atoms with Crippen molar-refractivity contribution >= 4 is 59.3 Å². The fourth-order valence-corrected chi connectivity index (χ4v) is 6.26. The smallest absolute Gasteiger partial charge is 0.330 e. The maximum absolute atomic E-state index is 12.8. The van der Waals surface area contributed by atoms with E-state index in [1.54, 1.807) is 34.6 Å². The van der Waals surface area contributed by atoms with Gasteiger partial charge in [0, 0.05) is 23.0 Å². The van der Waals surface area contributed by atoms with Crippen molar-refractivity contribution in [2.24, 2.45) is 10.8 Å². The van der Waals surface area contributed by atoms with Gasteiger partial charge in [-0.25, -0.2) is 9.59 Å². The summed E-state index contributed by atoms with van der Waals surface area (Å²) in [6, 6.07) is 5.05. The molecule has 0 fully saturated rings. The standard InChI is InChI=1S/C35H38N2O12S2/c1-8-24(38)44-17-34(4,5)19-46-26(40)10-12-28(42)48-23-14-21(3)30(32-31(23)50-33(51-32)22(15-36)16-37)49-29(43)13-11-27(41)47-20-35(6,7)18-45-25(39)9-2/h8-9,14H,1-2,10-13,17-20H2,3-7H3. The van der Waals surface area contributed by atoms with E-state index in [9.17, 15) is 39.3 Å². The molecule has 0 unspecified atom stereocenters. The molecule has 0 bridgehead atoms. The summed E-state index contributed by atoms with van der Waals surface area (Å²) in [4.78, 5) is 73.5. The fraction of sp³-hybridized carbons (Fsp3) is 0.429. The van der Waals surface area contributed by atoms with Crippen LogP contribution in [0.5, 0.6) is 11.5 Å². The zero-order valence-corrected chi connectivity index (χ0v) is 30.5. The van der Waals surface area contributed by atoms with Crippen LogP contribution in [0.15, 0.2) is 51.0 Å². The number of carbonyl (C=O) groups excluding carboxylic acids is 6. The van der Waals surface area contributed by atoms with Crippen LogP contribution in [0.2, 0.25) is 0 Å². The highest BCUT2D eigenvalue weighted by Gasteiger charge is 2.32. The fourth-order valence-electron chi connectivity index (χ4n) is 3.72. The van der Waals surface area contributed by atoms with Crippen LogP contribution in [0, 0.1) is 40.4 Å². The molecule has 1 aromatic carbocycles. The molecular formula is C35H38N2O12S2. The Morgan fingerprint density at radius 2 is 1.10 bits per heavy atom. The molecule has 1 aliphatic heterocycles. The van der Waals surface area contributed by atoms with Crippen LogP contribution >= 0.6 is 23.5 Å². The molecule has 1 aromatic rings. The van der Waals surface area contributed by atoms with Gasteiger partial charge in [0.05, 0.1) is 66.1 Å². The summed E-state index contributed by atoms with van der Waals surface area (Å²) in [6.45, 7) is 14.9. The Hall–Kier alpha value is -5.06. The number of aryl methyl sites for hydroxylation is 1. The number of allylic oxidation sites excluding steroid dienone is 1. The van der Waals surface area contributed by atoms with Crippen LogP contribution in [-0.4, -0.2) is 62.2 Å². The van der Waals surface area contributed by atoms with E-state index < -0.39 is 46.6 Å². The minimum Gasteiger partial charge on any atom is -0.465 e. The number of nitrogens with zero attached hydrogens (tertiary/aromatic N) is 2. The molecule has 272 valence electrons. The average molecular weight is 743 g/mol. The first kappa shape index (κ1) is 42.1. The Bertz CT molecular complexity index is 1680. The lowest BCUT2D eigenvalue weighted by Gasteiger charge is -2.23. The number of rotatable bonds is 18. The summed E-state index contributed by atoms with van der Waals surface area (Å²) in [5.41, 5.74) is -1.21. The van der Waals surface area contributed by atoms with Gasteiger partial charge in [-0.3, -0.25) is 19.2 Å². The summed E-state index contributed by atoms with van der Waals surface area (Å²) in [5.74, 6) is -3.98. The van der Waals surface area contributed by atoms with E-state index in [0.717, 1.165) is 35.7 Å². The van der Waals surface area contributed by atoms with Crippen molar-refractivity contribution in [1.29, 1.82) is 10.5 Å². The number of carbonyl (C=O) groups is 6. The van der Waals surface area contributed by atoms with Gasteiger partial charge >= 0.3 is 35.8 Å². The topological polar surface area (TPSA) is 205 Å². The Kier molecular flexibility index (Phi) is 16.0. The second kappa shape index (κ2) is 19.4. The van der Waals surface area contributed by atoms with Gasteiger partial charge in [0.15, 0.2) is 0 Å². The number of hydrogen-bond donors (Lipinski definition) is 0. The predicted octanol–water partition coefficient (Wildman–Crippen LogP) is 5.42. The summed E-state index contributed by atoms with van der Waals surface area (Å²) in [6.07, 6.45) is 0.747. The van der Waals surface area contributed by atoms with E-state index in [2.05, 4.69) is 13.2 Å². The van der Waals surface area contributed by atoms with Gasteiger partial charge in [-0.2, -0.15) is 10.5 Å². The molecule has 14 nitrogen and oxygen atoms in total. The summed E-state index contributed by atoms with van der Waals surface area (Å²) in [5, 5.41) is 18.9. The molecule has 0 N–H and O–H groups in total. The van der Waals surface area contributed by atoms with Gasteiger partial charge in [-0.15, -0.1) is 0 Å². The Morgan fingerprint density at radius 3 is 1.55 bits per heavy atom. The predicted molar refractivity (Wildman–Crippen MR) is 183 cm³/mol. The van der Waals surface area contributed by atoms with E-state index in [-0.39, 0.29) is 73.4 Å². The molecule has 0 saturated carbocycles. The molecule has 16 heteroatoms. The summed E-state index contributed by atoms with van der Waals surface area (Å²) < 4.78 is 31.9. The Labute approximate surface area is 304 Å². The maximum Gasteiger partial charge on any atom is 0.330 e. The van der Waals surface area contributed by atoms with Gasteiger partial charge in [0.25, 0.3) is 0 Å². The molecule has 0 aromatic heterocycles. The van der Waals surface area contributed by atoms with Gasteiger partial charge in [-0.05, 0) is 18.6 Å². The minimum atomic E-state index is -0.776. The molecule has 2 rings (SSSR count). The van der Waals surface area contributed by atoms with Crippen molar-refractivity contribution in [3.8, 4) is 23.6 Å². The van der Waals surface area contributed by atoms with Crippen molar-refractivity contribution in [3.63, 3.8) is 0 Å². The number of fused-ring (bicyclic) bond motifs is 1. The molecule has 0 saturated heterocycles. The van der Waals surface area contributed by atoms with E-state index in [1.807, 2.05) is 12.1 Å². The monoisotopic (exact) mass is 742 g/mol. The first-order chi connectivity index (χ1) is 23.9. The number of hydrogen-bond acceptors (Lipinski definition) is 16. The molecule has 0 atom stereocenters. The third-order valence-corrected chi connectivity index (χ3v) is 9.07. The van der Waals surface area contributed by atoms with Crippen LogP contribution in [0.25, 0.3) is 0 Å². The molecule has 1 heterocycles. The van der Waals surface area contributed by atoms with Crippen LogP contribution in [0.4, 0.5) is 0 Å². The average Bonchev–Trinajstić information content (AvgIpc) is 3.53. The van der Waals surface area contributed by atoms with Gasteiger partial charge in [-0.1, -0.05) is 64.4 Å². The van der Waals surface area contributed by atoms with Crippen LogP contribution < -0.4 is 9.47 Å². The minimum absolute atomic E-state index is 0.0165. The highest BCUT2D eigenvalue weighted by atomic mass is 32.2. The van der Waals surface area contributed by atoms with Crippen molar-refractivity contribution in [3.05, 3.63) is 46.8 Å². The van der Waals surface area contributed by atoms with Crippen molar-refractivity contribution in [2.45, 2.75) is 70.1 Å². The normalized spacial score (nSPS) is 11.9. The first-order valence-corrected chi connectivity index (χ1v) is 17.0. The lowest BCUT2D eigenvalue weighted by molar-refractivity contribution is -0.153. The number of benzene rings is 1. The highest BCUT2D eigenvalue weighted by Crippen LogP contribution is 2.59. The van der Waals surface area contributed by atoms with E-state index in [0.29, 0.717) is 15.4 Å². The third-order valence-electron chi connectivity index (χ3n) is 6.46. The Morgan fingerprint density at radius 1 is 0.686 bits per heavy atom. The summed E-state index contributed by atoms with van der Waals surface area (Å²) in [7, 11) is 0. The second-order valence-electron chi connectivity index (χ2n) is 12.5. The van der Waals surface area contributed by atoms with Gasteiger partial charge in [0.2, 0.25) is 0 Å². The van der Waals surface area contributed by atoms with Crippen molar-refractivity contribution in [2.75, 3.05) is 26.4 Å². The number of esters is 6. The second-order valence-corrected chi connectivity index (χ2v) is 14.8. The zero-order valence-electron chi connectivity index (χ0n) is 28.9. The molecule has 51 heavy (non-hydrogen) atoms. The largest absolute Gasteiger partial charge is 0.465 e. The van der Waals surface area contributed by atoms with Gasteiger partial charge < -0.3 is 28.4 Å². The molecule has 0 aliphatic carbocycles. The highest BCUT2D eigenvalue weighted by molar-refractivity contribution is 8.24. The summed E-state index contributed by atoms with van der Waals surface area (Å²) >= 11 is 1.95. The lowest BCUT2D eigenvalue weighted by Crippen LogP contribution is -2.28. The number of ether oxygens (including phenoxy) is 6. The lowest BCUT2D eigenvalue weighted by atomic mass is 9.96. The molecular weight excluding hydrogens is 705 g/mol. The molecule has 1 aliphatic rings.